The van der Waals surface area contributed by atoms with Crippen molar-refractivity contribution in [3.8, 4) is 0 Å². The first kappa shape index (κ1) is 13.3. The van der Waals surface area contributed by atoms with E-state index in [4.69, 9.17) is 0 Å². The zero-order chi connectivity index (χ0) is 12.8. The van der Waals surface area contributed by atoms with Crippen molar-refractivity contribution in [3.63, 3.8) is 0 Å². The van der Waals surface area contributed by atoms with E-state index in [9.17, 15) is 0 Å². The fourth-order valence-corrected chi connectivity index (χ4v) is 2.38. The summed E-state index contributed by atoms with van der Waals surface area (Å²) in [6.07, 6.45) is 6.97. The summed E-state index contributed by atoms with van der Waals surface area (Å²) in [6, 6.07) is 10.5. The molecule has 1 saturated heterocycles. The number of likely N-dealkylation sites (tertiary alicyclic amines) is 1. The Morgan fingerprint density at radius 1 is 1.22 bits per heavy atom. The van der Waals surface area contributed by atoms with Crippen molar-refractivity contribution in [1.29, 1.82) is 0 Å². The lowest BCUT2D eigenvalue weighted by Crippen LogP contribution is -2.49. The van der Waals surface area contributed by atoms with Crippen molar-refractivity contribution in [2.75, 3.05) is 26.7 Å². The third kappa shape index (κ3) is 3.69. The predicted octanol–water partition coefficient (Wildman–Crippen LogP) is 2.77. The number of benzene rings is 1. The summed E-state index contributed by atoms with van der Waals surface area (Å²) in [4.78, 5) is 2.53. The predicted molar refractivity (Wildman–Crippen MR) is 78.6 cm³/mol. The van der Waals surface area contributed by atoms with E-state index in [0.29, 0.717) is 5.54 Å². The molecule has 0 aromatic heterocycles. The maximum atomic E-state index is 3.44. The first-order chi connectivity index (χ1) is 8.72. The Bertz CT molecular complexity index is 375. The molecule has 1 aromatic carbocycles. The molecular formula is C16H24N2. The average Bonchev–Trinajstić information content (AvgIpc) is 2.42. The zero-order valence-corrected chi connectivity index (χ0v) is 11.5. The quantitative estimate of drug-likeness (QED) is 0.876. The van der Waals surface area contributed by atoms with Gasteiger partial charge in [-0.25, -0.2) is 0 Å². The van der Waals surface area contributed by atoms with Crippen LogP contribution in [0.2, 0.25) is 0 Å². The van der Waals surface area contributed by atoms with Crippen molar-refractivity contribution in [1.82, 2.24) is 10.2 Å². The summed E-state index contributed by atoms with van der Waals surface area (Å²) < 4.78 is 0. The molecular weight excluding hydrogens is 220 g/mol. The molecule has 1 aromatic rings. The van der Waals surface area contributed by atoms with Gasteiger partial charge in [0.05, 0.1) is 0 Å². The van der Waals surface area contributed by atoms with E-state index < -0.39 is 0 Å². The van der Waals surface area contributed by atoms with Crippen LogP contribution < -0.4 is 5.32 Å². The zero-order valence-electron chi connectivity index (χ0n) is 11.5. The van der Waals surface area contributed by atoms with Crippen molar-refractivity contribution in [2.45, 2.75) is 25.3 Å². The molecule has 18 heavy (non-hydrogen) atoms. The highest BCUT2D eigenvalue weighted by Crippen LogP contribution is 2.20. The molecule has 1 heterocycles. The van der Waals surface area contributed by atoms with Crippen LogP contribution in [0.5, 0.6) is 0 Å². The van der Waals surface area contributed by atoms with Gasteiger partial charge in [-0.05, 0) is 32.4 Å². The first-order valence-corrected chi connectivity index (χ1v) is 6.85. The third-order valence-corrected chi connectivity index (χ3v) is 4.04. The fraction of sp³-hybridized carbons (Fsp3) is 0.500. The second kappa shape index (κ2) is 6.17. The Kier molecular flexibility index (Phi) is 4.56. The standard InChI is InChI=1S/C16H24N2/c1-16(17-2)10-13-18(14-11-16)12-6-9-15-7-4-3-5-8-15/h3-9,17H,10-14H2,1-2H3/b9-6+. The second-order valence-electron chi connectivity index (χ2n) is 5.42. The minimum atomic E-state index is 0.347. The number of hydrogen-bond donors (Lipinski definition) is 1. The van der Waals surface area contributed by atoms with E-state index >= 15 is 0 Å². The van der Waals surface area contributed by atoms with Crippen molar-refractivity contribution >= 4 is 6.08 Å². The molecule has 1 N–H and O–H groups in total. The lowest BCUT2D eigenvalue weighted by molar-refractivity contribution is 0.165. The van der Waals surface area contributed by atoms with Crippen LogP contribution in [0.25, 0.3) is 6.08 Å². The van der Waals surface area contributed by atoms with Crippen molar-refractivity contribution in [2.24, 2.45) is 0 Å². The van der Waals surface area contributed by atoms with Crippen molar-refractivity contribution < 1.29 is 0 Å². The minimum absolute atomic E-state index is 0.347. The maximum Gasteiger partial charge on any atom is 0.0174 e. The normalized spacial score (nSPS) is 20.3. The van der Waals surface area contributed by atoms with Gasteiger partial charge in [0.1, 0.15) is 0 Å². The molecule has 0 amide bonds. The number of rotatable bonds is 4. The van der Waals surface area contributed by atoms with Crippen LogP contribution in [0, 0.1) is 0 Å². The third-order valence-electron chi connectivity index (χ3n) is 4.04. The van der Waals surface area contributed by atoms with Crippen LogP contribution in [0.15, 0.2) is 36.4 Å². The topological polar surface area (TPSA) is 15.3 Å². The average molecular weight is 244 g/mol. The Balaban J connectivity index is 1.77. The second-order valence-corrected chi connectivity index (χ2v) is 5.42. The monoisotopic (exact) mass is 244 g/mol. The lowest BCUT2D eigenvalue weighted by atomic mass is 9.90. The number of nitrogens with zero attached hydrogens (tertiary/aromatic N) is 1. The molecule has 2 nitrogen and oxygen atoms in total. The molecule has 1 aliphatic rings. The summed E-state index contributed by atoms with van der Waals surface area (Å²) in [6.45, 7) is 5.77. The Morgan fingerprint density at radius 3 is 2.50 bits per heavy atom. The highest BCUT2D eigenvalue weighted by molar-refractivity contribution is 5.48. The van der Waals surface area contributed by atoms with E-state index in [2.05, 4.69) is 66.7 Å². The highest BCUT2D eigenvalue weighted by atomic mass is 15.1. The van der Waals surface area contributed by atoms with Gasteiger partial charge in [0.2, 0.25) is 0 Å². The number of piperidine rings is 1. The minimum Gasteiger partial charge on any atom is -0.314 e. The molecule has 2 heteroatoms. The molecule has 0 spiro atoms. The van der Waals surface area contributed by atoms with Crippen LogP contribution in [-0.2, 0) is 0 Å². The van der Waals surface area contributed by atoms with Gasteiger partial charge >= 0.3 is 0 Å². The first-order valence-electron chi connectivity index (χ1n) is 6.85. The molecule has 0 saturated carbocycles. The highest BCUT2D eigenvalue weighted by Gasteiger charge is 2.27. The maximum absolute atomic E-state index is 3.44. The largest absolute Gasteiger partial charge is 0.314 e. The smallest absolute Gasteiger partial charge is 0.0174 e. The van der Waals surface area contributed by atoms with Crippen LogP contribution in [0.4, 0.5) is 0 Å². The van der Waals surface area contributed by atoms with Crippen LogP contribution in [-0.4, -0.2) is 37.1 Å². The molecule has 98 valence electrons. The molecule has 0 radical (unpaired) electrons. The summed E-state index contributed by atoms with van der Waals surface area (Å²) >= 11 is 0. The van der Waals surface area contributed by atoms with Gasteiger partial charge in [-0.1, -0.05) is 42.5 Å². The van der Waals surface area contributed by atoms with Gasteiger partial charge in [-0.3, -0.25) is 4.90 Å². The summed E-state index contributed by atoms with van der Waals surface area (Å²) in [5, 5.41) is 3.44. The molecule has 1 aliphatic heterocycles. The van der Waals surface area contributed by atoms with E-state index in [-0.39, 0.29) is 0 Å². The van der Waals surface area contributed by atoms with E-state index in [1.165, 1.54) is 31.5 Å². The number of nitrogens with one attached hydrogen (secondary N) is 1. The fourth-order valence-electron chi connectivity index (χ4n) is 2.38. The molecule has 2 rings (SSSR count). The summed E-state index contributed by atoms with van der Waals surface area (Å²) in [7, 11) is 2.07. The van der Waals surface area contributed by atoms with Crippen molar-refractivity contribution in [3.05, 3.63) is 42.0 Å². The molecule has 1 fully saturated rings. The molecule has 0 unspecified atom stereocenters. The van der Waals surface area contributed by atoms with Crippen LogP contribution in [0.1, 0.15) is 25.3 Å². The lowest BCUT2D eigenvalue weighted by Gasteiger charge is -2.38. The van der Waals surface area contributed by atoms with E-state index in [1.54, 1.807) is 0 Å². The van der Waals surface area contributed by atoms with E-state index in [0.717, 1.165) is 6.54 Å². The molecule has 0 atom stereocenters. The number of hydrogen-bond acceptors (Lipinski definition) is 2. The van der Waals surface area contributed by atoms with Gasteiger partial charge in [-0.15, -0.1) is 0 Å². The summed E-state index contributed by atoms with van der Waals surface area (Å²) in [5.41, 5.74) is 1.63. The van der Waals surface area contributed by atoms with Crippen LogP contribution >= 0.6 is 0 Å². The SMILES string of the molecule is CNC1(C)CCN(C/C=C/c2ccccc2)CC1. The molecule has 0 bridgehead atoms. The van der Waals surface area contributed by atoms with Gasteiger partial charge < -0.3 is 5.32 Å². The Morgan fingerprint density at radius 2 is 1.89 bits per heavy atom. The van der Waals surface area contributed by atoms with Crippen LogP contribution in [0.3, 0.4) is 0 Å². The van der Waals surface area contributed by atoms with Gasteiger partial charge in [0.25, 0.3) is 0 Å². The Labute approximate surface area is 111 Å². The van der Waals surface area contributed by atoms with Gasteiger partial charge in [0.15, 0.2) is 0 Å². The van der Waals surface area contributed by atoms with Gasteiger partial charge in [0, 0.05) is 25.2 Å². The Hall–Kier alpha value is -1.12. The van der Waals surface area contributed by atoms with E-state index in [1.807, 2.05) is 0 Å². The summed E-state index contributed by atoms with van der Waals surface area (Å²) in [5.74, 6) is 0. The van der Waals surface area contributed by atoms with Gasteiger partial charge in [-0.2, -0.15) is 0 Å². The molecule has 0 aliphatic carbocycles.